The van der Waals surface area contributed by atoms with Crippen molar-refractivity contribution in [3.63, 3.8) is 0 Å². The van der Waals surface area contributed by atoms with E-state index in [1.54, 1.807) is 36.1 Å². The molecule has 2 aromatic heterocycles. The maximum atomic E-state index is 12.8. The fraction of sp³-hybridized carbons (Fsp3) is 0.381. The smallest absolute Gasteiger partial charge is 0.263 e. The lowest BCUT2D eigenvalue weighted by Crippen LogP contribution is -2.51. The van der Waals surface area contributed by atoms with Gasteiger partial charge in [0.15, 0.2) is 5.82 Å². The van der Waals surface area contributed by atoms with Crippen LogP contribution in [0, 0.1) is 6.92 Å². The summed E-state index contributed by atoms with van der Waals surface area (Å²) in [6.07, 6.45) is -2.54. The van der Waals surface area contributed by atoms with Crippen molar-refractivity contribution in [2.24, 2.45) is 0 Å². The Labute approximate surface area is 188 Å². The van der Waals surface area contributed by atoms with E-state index in [9.17, 15) is 13.6 Å². The molecule has 1 N–H and O–H groups in total. The summed E-state index contributed by atoms with van der Waals surface area (Å²) in [7, 11) is 0. The highest BCUT2D eigenvalue weighted by Crippen LogP contribution is 2.22. The van der Waals surface area contributed by atoms with Crippen molar-refractivity contribution in [3.8, 4) is 11.6 Å². The quantitative estimate of drug-likeness (QED) is 0.540. The number of aliphatic hydroxyl groups excluding tert-OH is 1. The van der Waals surface area contributed by atoms with Crippen LogP contribution in [0.25, 0.3) is 5.69 Å². The molecule has 3 heterocycles. The number of aromatic nitrogens is 5. The highest BCUT2D eigenvalue weighted by Gasteiger charge is 2.24. The molecule has 0 unspecified atom stereocenters. The Bertz CT molecular complexity index is 1090. The molecule has 12 heteroatoms. The largest absolute Gasteiger partial charge is 0.470 e. The van der Waals surface area contributed by atoms with E-state index in [1.807, 2.05) is 4.90 Å². The molecule has 1 saturated heterocycles. The zero-order chi connectivity index (χ0) is 23.4. The molecule has 1 aliphatic rings. The molecule has 0 saturated carbocycles. The topological polar surface area (TPSA) is 110 Å². The van der Waals surface area contributed by atoms with Gasteiger partial charge in [0, 0.05) is 31.3 Å². The van der Waals surface area contributed by atoms with Crippen LogP contribution in [-0.4, -0.2) is 73.9 Å². The second-order valence-corrected chi connectivity index (χ2v) is 7.47. The molecule has 0 aliphatic carbocycles. The summed E-state index contributed by atoms with van der Waals surface area (Å²) in [4.78, 5) is 15.6. The molecule has 1 fully saturated rings. The minimum Gasteiger partial charge on any atom is -0.470 e. The van der Waals surface area contributed by atoms with Crippen molar-refractivity contribution in [3.05, 3.63) is 53.3 Å². The molecule has 1 aromatic carbocycles. The summed E-state index contributed by atoms with van der Waals surface area (Å²) in [6, 6.07) is 9.18. The number of carbonyl (C=O) groups excluding carboxylic acids is 1. The van der Waals surface area contributed by atoms with Crippen LogP contribution < -0.4 is 9.64 Å². The molecule has 33 heavy (non-hydrogen) atoms. The number of nitrogens with zero attached hydrogens (tertiary/aromatic N) is 7. The van der Waals surface area contributed by atoms with E-state index in [4.69, 9.17) is 9.84 Å². The van der Waals surface area contributed by atoms with Gasteiger partial charge in [0.1, 0.15) is 12.3 Å². The van der Waals surface area contributed by atoms with Crippen LogP contribution in [0.5, 0.6) is 5.88 Å². The number of anilines is 1. The third-order valence-corrected chi connectivity index (χ3v) is 5.34. The van der Waals surface area contributed by atoms with E-state index >= 15 is 0 Å². The predicted molar refractivity (Wildman–Crippen MR) is 113 cm³/mol. The number of rotatable bonds is 8. The van der Waals surface area contributed by atoms with Crippen molar-refractivity contribution in [2.75, 3.05) is 37.7 Å². The van der Waals surface area contributed by atoms with Crippen LogP contribution in [0.15, 0.2) is 36.4 Å². The number of ether oxygens (including phenoxy) is 1. The number of piperazine rings is 1. The van der Waals surface area contributed by atoms with Gasteiger partial charge in [-0.05, 0) is 25.1 Å². The number of aryl methyl sites for hydroxylation is 1. The average molecular weight is 459 g/mol. The predicted octanol–water partition coefficient (Wildman–Crippen LogP) is 1.52. The molecule has 10 nitrogen and oxygen atoms in total. The van der Waals surface area contributed by atoms with Crippen LogP contribution >= 0.6 is 0 Å². The van der Waals surface area contributed by atoms with Gasteiger partial charge in [0.2, 0.25) is 11.8 Å². The fourth-order valence-corrected chi connectivity index (χ4v) is 3.47. The second-order valence-electron chi connectivity index (χ2n) is 7.47. The molecule has 0 spiro atoms. The van der Waals surface area contributed by atoms with Crippen LogP contribution in [0.3, 0.4) is 0 Å². The van der Waals surface area contributed by atoms with E-state index in [1.165, 1.54) is 16.8 Å². The first-order valence-corrected chi connectivity index (χ1v) is 10.4. The third-order valence-electron chi connectivity index (χ3n) is 5.34. The van der Waals surface area contributed by atoms with Crippen LogP contribution in [0.4, 0.5) is 14.6 Å². The number of benzene rings is 1. The molecule has 1 aliphatic heterocycles. The molecule has 0 atom stereocenters. The van der Waals surface area contributed by atoms with Gasteiger partial charge in [-0.3, -0.25) is 4.79 Å². The second kappa shape index (κ2) is 9.86. The zero-order valence-electron chi connectivity index (χ0n) is 17.9. The molecule has 174 valence electrons. The van der Waals surface area contributed by atoms with Gasteiger partial charge in [-0.1, -0.05) is 17.3 Å². The molecule has 0 radical (unpaired) electrons. The SMILES string of the molecule is Cc1nnn(-c2ccc(C(F)F)cc2)c1COc1ccc(N2CCN(CCO)C(=O)C2)nn1. The minimum atomic E-state index is -2.54. The lowest BCUT2D eigenvalue weighted by molar-refractivity contribution is -0.131. The maximum Gasteiger partial charge on any atom is 0.263 e. The Morgan fingerprint density at radius 1 is 1.09 bits per heavy atom. The Hall–Kier alpha value is -3.67. The van der Waals surface area contributed by atoms with Gasteiger partial charge in [-0.25, -0.2) is 13.5 Å². The van der Waals surface area contributed by atoms with Crippen molar-refractivity contribution in [1.29, 1.82) is 0 Å². The van der Waals surface area contributed by atoms with E-state index in [2.05, 4.69) is 20.5 Å². The van der Waals surface area contributed by atoms with Gasteiger partial charge < -0.3 is 19.6 Å². The summed E-state index contributed by atoms with van der Waals surface area (Å²) < 4.78 is 32.9. The normalized spacial score (nSPS) is 14.3. The van der Waals surface area contributed by atoms with Gasteiger partial charge in [-0.2, -0.15) is 0 Å². The third kappa shape index (κ3) is 5.06. The Morgan fingerprint density at radius 3 is 2.52 bits per heavy atom. The number of aliphatic hydroxyl groups is 1. The summed E-state index contributed by atoms with van der Waals surface area (Å²) >= 11 is 0. The lowest BCUT2D eigenvalue weighted by Gasteiger charge is -2.34. The Morgan fingerprint density at radius 2 is 1.88 bits per heavy atom. The minimum absolute atomic E-state index is 0.0630. The number of hydrogen-bond acceptors (Lipinski definition) is 8. The monoisotopic (exact) mass is 459 g/mol. The summed E-state index contributed by atoms with van der Waals surface area (Å²) in [6.45, 7) is 3.41. The first kappa shape index (κ1) is 22.5. The number of alkyl halides is 2. The first-order chi connectivity index (χ1) is 16.0. The summed E-state index contributed by atoms with van der Waals surface area (Å²) in [5, 5.41) is 25.4. The van der Waals surface area contributed by atoms with Crippen molar-refractivity contribution >= 4 is 11.7 Å². The van der Waals surface area contributed by atoms with Crippen LogP contribution in [0.1, 0.15) is 23.4 Å². The van der Waals surface area contributed by atoms with E-state index in [0.717, 1.165) is 0 Å². The highest BCUT2D eigenvalue weighted by atomic mass is 19.3. The maximum absolute atomic E-state index is 12.8. The zero-order valence-corrected chi connectivity index (χ0v) is 17.9. The van der Waals surface area contributed by atoms with E-state index < -0.39 is 6.43 Å². The van der Waals surface area contributed by atoms with Crippen LogP contribution in [-0.2, 0) is 11.4 Å². The number of carbonyl (C=O) groups is 1. The molecule has 1 amide bonds. The Balaban J connectivity index is 1.40. The number of hydrogen-bond donors (Lipinski definition) is 1. The molecular weight excluding hydrogens is 436 g/mol. The van der Waals surface area contributed by atoms with Crippen LogP contribution in [0.2, 0.25) is 0 Å². The number of halogens is 2. The van der Waals surface area contributed by atoms with E-state index in [-0.39, 0.29) is 37.1 Å². The van der Waals surface area contributed by atoms with Gasteiger partial charge in [-0.15, -0.1) is 15.3 Å². The van der Waals surface area contributed by atoms with E-state index in [0.29, 0.717) is 42.5 Å². The van der Waals surface area contributed by atoms with Crippen molar-refractivity contribution in [1.82, 2.24) is 30.1 Å². The first-order valence-electron chi connectivity index (χ1n) is 10.4. The molecular formula is C21H23F2N7O3. The van der Waals surface area contributed by atoms with Crippen molar-refractivity contribution < 1.29 is 23.4 Å². The van der Waals surface area contributed by atoms with Gasteiger partial charge >= 0.3 is 0 Å². The highest BCUT2D eigenvalue weighted by molar-refractivity contribution is 5.82. The summed E-state index contributed by atoms with van der Waals surface area (Å²) in [5.41, 5.74) is 1.80. The standard InChI is InChI=1S/C21H23F2N7O3/c1-14-17(30(27-24-14)16-4-2-15(3-5-16)21(22)23)13-33-19-7-6-18(25-26-19)29-9-8-28(10-11-31)20(32)12-29/h2-7,21,31H,8-13H2,1H3. The molecule has 0 bridgehead atoms. The lowest BCUT2D eigenvalue weighted by atomic mass is 10.2. The number of amides is 1. The fourth-order valence-electron chi connectivity index (χ4n) is 3.47. The van der Waals surface area contributed by atoms with Gasteiger partial charge in [0.25, 0.3) is 6.43 Å². The number of β-amino-alcohol motifs (C(OH)–C–C–N with tert-alkyl or cyclic N) is 1. The summed E-state index contributed by atoms with van der Waals surface area (Å²) in [5.74, 6) is 0.765. The van der Waals surface area contributed by atoms with Gasteiger partial charge in [0.05, 0.1) is 24.5 Å². The molecule has 3 aromatic rings. The molecule has 4 rings (SSSR count). The van der Waals surface area contributed by atoms with Crippen molar-refractivity contribution in [2.45, 2.75) is 20.0 Å². The Kier molecular flexibility index (Phi) is 6.73. The average Bonchev–Trinajstić information content (AvgIpc) is 3.19.